The van der Waals surface area contributed by atoms with Crippen LogP contribution in [0.5, 0.6) is 5.88 Å². The number of carbonyl (C=O) groups excluding carboxylic acids is 1. The number of benzene rings is 1. The molecule has 0 fully saturated rings. The quantitative estimate of drug-likeness (QED) is 0.757. The van der Waals surface area contributed by atoms with Crippen LogP contribution >= 0.6 is 11.6 Å². The number of aryl methyl sites for hydroxylation is 1. The molecule has 0 saturated heterocycles. The number of halogens is 1. The second-order valence-electron chi connectivity index (χ2n) is 4.93. The number of rotatable bonds is 2. The third-order valence-electron chi connectivity index (χ3n) is 3.38. The molecule has 2 N–H and O–H groups in total. The Morgan fingerprint density at radius 2 is 2.04 bits per heavy atom. The van der Waals surface area contributed by atoms with Crippen molar-refractivity contribution < 1.29 is 9.90 Å². The van der Waals surface area contributed by atoms with E-state index in [0.717, 1.165) is 5.56 Å². The zero-order valence-corrected chi connectivity index (χ0v) is 12.8. The highest BCUT2D eigenvalue weighted by molar-refractivity contribution is 6.34. The van der Waals surface area contributed by atoms with Crippen molar-refractivity contribution in [2.24, 2.45) is 0 Å². The van der Waals surface area contributed by atoms with Crippen molar-refractivity contribution >= 4 is 28.8 Å². The maximum atomic E-state index is 12.4. The third kappa shape index (κ3) is 2.64. The first-order chi connectivity index (χ1) is 11.0. The van der Waals surface area contributed by atoms with E-state index in [1.807, 2.05) is 0 Å². The predicted molar refractivity (Wildman–Crippen MR) is 87.3 cm³/mol. The van der Waals surface area contributed by atoms with Crippen LogP contribution in [0, 0.1) is 6.92 Å². The monoisotopic (exact) mass is 329 g/mol. The molecule has 0 spiro atoms. The molecule has 1 amide bonds. The Balaban J connectivity index is 2.08. The van der Waals surface area contributed by atoms with Crippen molar-refractivity contribution in [2.75, 3.05) is 5.32 Å². The molecule has 23 heavy (non-hydrogen) atoms. The maximum Gasteiger partial charge on any atom is 0.274 e. The lowest BCUT2D eigenvalue weighted by atomic mass is 10.2. The zero-order valence-electron chi connectivity index (χ0n) is 12.1. The zero-order chi connectivity index (χ0) is 16.6. The highest BCUT2D eigenvalue weighted by Crippen LogP contribution is 2.26. The molecular formula is C16H12ClN3O3. The van der Waals surface area contributed by atoms with Gasteiger partial charge in [0.25, 0.3) is 11.5 Å². The molecule has 2 aromatic heterocycles. The van der Waals surface area contributed by atoms with Gasteiger partial charge in [0.05, 0.1) is 10.7 Å². The standard InChI is InChI=1S/C16H12ClN3O3/c1-9-5-4-6-10(13(9)17)18-14(21)12-15(22)19-11-7-2-3-8-20(11)16(12)23/h2-8,22H,1H3,(H,18,21). The van der Waals surface area contributed by atoms with Gasteiger partial charge in [0.15, 0.2) is 5.56 Å². The summed E-state index contributed by atoms with van der Waals surface area (Å²) in [5.41, 5.74) is 0.288. The second kappa shape index (κ2) is 5.73. The van der Waals surface area contributed by atoms with Crippen LogP contribution in [-0.4, -0.2) is 20.4 Å². The number of nitrogens with one attached hydrogen (secondary N) is 1. The number of anilines is 1. The third-order valence-corrected chi connectivity index (χ3v) is 3.88. The van der Waals surface area contributed by atoms with E-state index >= 15 is 0 Å². The minimum atomic E-state index is -0.772. The Labute approximate surface area is 136 Å². The minimum absolute atomic E-state index is 0.250. The Morgan fingerprint density at radius 3 is 2.83 bits per heavy atom. The van der Waals surface area contributed by atoms with Gasteiger partial charge < -0.3 is 10.4 Å². The molecule has 6 nitrogen and oxygen atoms in total. The Bertz CT molecular complexity index is 982. The molecule has 0 aliphatic carbocycles. The van der Waals surface area contributed by atoms with E-state index in [0.29, 0.717) is 10.7 Å². The van der Waals surface area contributed by atoms with E-state index in [4.69, 9.17) is 11.6 Å². The Kier molecular flexibility index (Phi) is 3.75. The van der Waals surface area contributed by atoms with E-state index in [1.54, 1.807) is 43.3 Å². The molecule has 0 unspecified atom stereocenters. The first-order valence-corrected chi connectivity index (χ1v) is 7.13. The summed E-state index contributed by atoms with van der Waals surface area (Å²) < 4.78 is 1.19. The van der Waals surface area contributed by atoms with Gasteiger partial charge in [-0.05, 0) is 30.7 Å². The molecule has 3 rings (SSSR count). The summed E-state index contributed by atoms with van der Waals surface area (Å²) in [6.45, 7) is 1.79. The van der Waals surface area contributed by atoms with Crippen LogP contribution in [0.1, 0.15) is 15.9 Å². The molecule has 0 radical (unpaired) electrons. The fourth-order valence-electron chi connectivity index (χ4n) is 2.20. The molecule has 116 valence electrons. The summed E-state index contributed by atoms with van der Waals surface area (Å²) in [5.74, 6) is -1.40. The van der Waals surface area contributed by atoms with Gasteiger partial charge in [-0.1, -0.05) is 29.8 Å². The summed E-state index contributed by atoms with van der Waals surface area (Å²) >= 11 is 6.12. The van der Waals surface area contributed by atoms with E-state index in [2.05, 4.69) is 10.3 Å². The van der Waals surface area contributed by atoms with Gasteiger partial charge in [-0.3, -0.25) is 14.0 Å². The molecule has 7 heteroatoms. The molecule has 0 bridgehead atoms. The largest absolute Gasteiger partial charge is 0.493 e. The topological polar surface area (TPSA) is 83.7 Å². The van der Waals surface area contributed by atoms with Crippen molar-refractivity contribution in [1.82, 2.24) is 9.38 Å². The van der Waals surface area contributed by atoms with Gasteiger partial charge in [-0.25, -0.2) is 0 Å². The van der Waals surface area contributed by atoms with E-state index < -0.39 is 22.9 Å². The van der Waals surface area contributed by atoms with Crippen molar-refractivity contribution in [3.63, 3.8) is 0 Å². The van der Waals surface area contributed by atoms with Crippen LogP contribution in [-0.2, 0) is 0 Å². The van der Waals surface area contributed by atoms with E-state index in [-0.39, 0.29) is 5.65 Å². The van der Waals surface area contributed by atoms with Crippen molar-refractivity contribution in [3.05, 3.63) is 69.1 Å². The molecule has 0 saturated carbocycles. The van der Waals surface area contributed by atoms with E-state index in [9.17, 15) is 14.7 Å². The van der Waals surface area contributed by atoms with Gasteiger partial charge in [0.1, 0.15) is 5.65 Å². The van der Waals surface area contributed by atoms with E-state index in [1.165, 1.54) is 10.6 Å². The van der Waals surface area contributed by atoms with Crippen molar-refractivity contribution in [3.8, 4) is 5.88 Å². The lowest BCUT2D eigenvalue weighted by Crippen LogP contribution is -2.27. The first kappa shape index (κ1) is 15.1. The lowest BCUT2D eigenvalue weighted by Gasteiger charge is -2.10. The van der Waals surface area contributed by atoms with Crippen LogP contribution in [0.3, 0.4) is 0 Å². The SMILES string of the molecule is Cc1cccc(NC(=O)c2c(O)nc3ccccn3c2=O)c1Cl. The van der Waals surface area contributed by atoms with Gasteiger partial charge in [-0.15, -0.1) is 0 Å². The number of hydrogen-bond donors (Lipinski definition) is 2. The average Bonchev–Trinajstić information content (AvgIpc) is 2.52. The summed E-state index contributed by atoms with van der Waals surface area (Å²) in [5, 5.41) is 12.8. The lowest BCUT2D eigenvalue weighted by molar-refractivity contribution is 0.102. The molecule has 3 aromatic rings. The van der Waals surface area contributed by atoms with Gasteiger partial charge in [0, 0.05) is 6.20 Å². The van der Waals surface area contributed by atoms with Gasteiger partial charge >= 0.3 is 0 Å². The smallest absolute Gasteiger partial charge is 0.274 e. The summed E-state index contributed by atoms with van der Waals surface area (Å²) in [4.78, 5) is 28.6. The molecule has 2 heterocycles. The average molecular weight is 330 g/mol. The van der Waals surface area contributed by atoms with Crippen molar-refractivity contribution in [1.29, 1.82) is 0 Å². The number of aromatic nitrogens is 2. The van der Waals surface area contributed by atoms with Crippen LogP contribution in [0.4, 0.5) is 5.69 Å². The van der Waals surface area contributed by atoms with Crippen LogP contribution in [0.15, 0.2) is 47.4 Å². The van der Waals surface area contributed by atoms with Crippen LogP contribution in [0.2, 0.25) is 5.02 Å². The minimum Gasteiger partial charge on any atom is -0.493 e. The summed E-state index contributed by atoms with van der Waals surface area (Å²) in [6, 6.07) is 9.99. The Hall–Kier alpha value is -2.86. The highest BCUT2D eigenvalue weighted by atomic mass is 35.5. The fourth-order valence-corrected chi connectivity index (χ4v) is 2.38. The highest BCUT2D eigenvalue weighted by Gasteiger charge is 2.20. The number of pyridine rings is 1. The molecule has 0 atom stereocenters. The molecule has 0 aliphatic heterocycles. The maximum absolute atomic E-state index is 12.4. The number of fused-ring (bicyclic) bond motifs is 1. The molecule has 0 aliphatic rings. The normalized spacial score (nSPS) is 10.7. The number of nitrogens with zero attached hydrogens (tertiary/aromatic N) is 2. The number of amides is 1. The number of aromatic hydroxyl groups is 1. The summed E-state index contributed by atoms with van der Waals surface area (Å²) in [6.07, 6.45) is 1.47. The molecule has 1 aromatic carbocycles. The second-order valence-corrected chi connectivity index (χ2v) is 5.31. The summed E-state index contributed by atoms with van der Waals surface area (Å²) in [7, 11) is 0. The number of hydrogen-bond acceptors (Lipinski definition) is 4. The predicted octanol–water partition coefficient (Wildman–Crippen LogP) is 2.61. The van der Waals surface area contributed by atoms with Crippen molar-refractivity contribution in [2.45, 2.75) is 6.92 Å². The number of carbonyl (C=O) groups is 1. The van der Waals surface area contributed by atoms with Gasteiger partial charge in [-0.2, -0.15) is 4.98 Å². The van der Waals surface area contributed by atoms with Crippen LogP contribution < -0.4 is 10.9 Å². The van der Waals surface area contributed by atoms with Crippen LogP contribution in [0.25, 0.3) is 5.65 Å². The fraction of sp³-hybridized carbons (Fsp3) is 0.0625. The Morgan fingerprint density at radius 1 is 1.26 bits per heavy atom. The first-order valence-electron chi connectivity index (χ1n) is 6.76. The van der Waals surface area contributed by atoms with Gasteiger partial charge in [0.2, 0.25) is 5.88 Å². The molecular weight excluding hydrogens is 318 g/mol.